The largest absolute Gasteiger partial charge is 0.175 e. The van der Waals surface area contributed by atoms with Crippen LogP contribution in [-0.4, -0.2) is 5.25 Å². The third-order valence-corrected chi connectivity index (χ3v) is 6.00. The van der Waals surface area contributed by atoms with Crippen molar-refractivity contribution in [1.29, 1.82) is 0 Å². The van der Waals surface area contributed by atoms with Gasteiger partial charge in [0.05, 0.1) is 0 Å². The van der Waals surface area contributed by atoms with E-state index in [1.807, 2.05) is 0 Å². The Morgan fingerprint density at radius 2 is 1.25 bits per heavy atom. The zero-order chi connectivity index (χ0) is 12.3. The lowest BCUT2D eigenvalue weighted by atomic mass is 9.70. The smallest absolute Gasteiger partial charge is 0.00733 e. The molecule has 4 atom stereocenters. The summed E-state index contributed by atoms with van der Waals surface area (Å²) in [5, 5.41) is 0.632. The second-order valence-electron chi connectivity index (χ2n) is 6.11. The minimum Gasteiger partial charge on any atom is -0.175 e. The number of thiol groups is 1. The van der Waals surface area contributed by atoms with Crippen molar-refractivity contribution in [2.75, 3.05) is 0 Å². The Hall–Kier alpha value is 0.350. The third kappa shape index (κ3) is 3.18. The maximum absolute atomic E-state index is 4.94. The van der Waals surface area contributed by atoms with Gasteiger partial charge in [-0.05, 0) is 42.4 Å². The first-order valence-corrected chi connectivity index (χ1v) is 7.70. The van der Waals surface area contributed by atoms with E-state index < -0.39 is 0 Å². The SMILES string of the molecule is CCC1CC(C)C(C)C(C)CC(CC)C1S. The van der Waals surface area contributed by atoms with E-state index in [1.54, 1.807) is 0 Å². The summed E-state index contributed by atoms with van der Waals surface area (Å²) >= 11 is 4.94. The van der Waals surface area contributed by atoms with Crippen LogP contribution < -0.4 is 0 Å². The normalized spacial score (nSPS) is 46.1. The van der Waals surface area contributed by atoms with Crippen LogP contribution in [0.4, 0.5) is 0 Å². The molecular weight excluding hydrogens is 212 g/mol. The predicted molar refractivity (Wildman–Crippen MR) is 77.1 cm³/mol. The van der Waals surface area contributed by atoms with E-state index in [4.69, 9.17) is 12.6 Å². The molecule has 16 heavy (non-hydrogen) atoms. The van der Waals surface area contributed by atoms with E-state index in [2.05, 4.69) is 34.6 Å². The van der Waals surface area contributed by atoms with Gasteiger partial charge in [0.25, 0.3) is 0 Å². The number of hydrogen-bond donors (Lipinski definition) is 1. The Bertz CT molecular complexity index is 182. The molecule has 0 amide bonds. The number of rotatable bonds is 2. The molecule has 0 heterocycles. The Morgan fingerprint density at radius 3 is 1.56 bits per heavy atom. The average molecular weight is 242 g/mol. The van der Waals surface area contributed by atoms with Gasteiger partial charge in [-0.1, -0.05) is 47.5 Å². The van der Waals surface area contributed by atoms with Crippen LogP contribution >= 0.6 is 12.6 Å². The first-order chi connectivity index (χ1) is 7.51. The molecule has 0 radical (unpaired) electrons. The fourth-order valence-electron chi connectivity index (χ4n) is 3.43. The van der Waals surface area contributed by atoms with Gasteiger partial charge in [-0.15, -0.1) is 0 Å². The van der Waals surface area contributed by atoms with E-state index in [9.17, 15) is 0 Å². The van der Waals surface area contributed by atoms with Crippen LogP contribution in [0, 0.1) is 29.6 Å². The van der Waals surface area contributed by atoms with Crippen molar-refractivity contribution < 1.29 is 0 Å². The first kappa shape index (κ1) is 14.4. The summed E-state index contributed by atoms with van der Waals surface area (Å²) in [6.45, 7) is 12.0. The molecule has 1 saturated carbocycles. The van der Waals surface area contributed by atoms with E-state index in [0.29, 0.717) is 5.25 Å². The van der Waals surface area contributed by atoms with Crippen molar-refractivity contribution in [3.8, 4) is 0 Å². The van der Waals surface area contributed by atoms with Gasteiger partial charge in [0.15, 0.2) is 0 Å². The molecule has 0 aromatic rings. The fourth-order valence-corrected chi connectivity index (χ4v) is 4.09. The first-order valence-electron chi connectivity index (χ1n) is 7.19. The van der Waals surface area contributed by atoms with Crippen LogP contribution in [0.1, 0.15) is 60.3 Å². The molecule has 96 valence electrons. The second-order valence-corrected chi connectivity index (χ2v) is 6.71. The lowest BCUT2D eigenvalue weighted by Gasteiger charge is -2.39. The highest BCUT2D eigenvalue weighted by molar-refractivity contribution is 7.81. The highest BCUT2D eigenvalue weighted by Crippen LogP contribution is 2.41. The molecule has 1 heteroatoms. The van der Waals surface area contributed by atoms with Crippen LogP contribution in [0.2, 0.25) is 0 Å². The molecule has 0 nitrogen and oxygen atoms in total. The Labute approximate surface area is 108 Å². The van der Waals surface area contributed by atoms with Gasteiger partial charge in [-0.2, -0.15) is 12.6 Å². The molecule has 0 spiro atoms. The molecule has 1 aliphatic carbocycles. The van der Waals surface area contributed by atoms with Crippen molar-refractivity contribution >= 4 is 12.6 Å². The summed E-state index contributed by atoms with van der Waals surface area (Å²) < 4.78 is 0. The van der Waals surface area contributed by atoms with Crippen molar-refractivity contribution in [2.24, 2.45) is 29.6 Å². The van der Waals surface area contributed by atoms with Crippen molar-refractivity contribution in [3.63, 3.8) is 0 Å². The summed E-state index contributed by atoms with van der Waals surface area (Å²) in [4.78, 5) is 0. The van der Waals surface area contributed by atoms with E-state index in [1.165, 1.54) is 25.7 Å². The van der Waals surface area contributed by atoms with Crippen molar-refractivity contribution in [3.05, 3.63) is 0 Å². The minimum absolute atomic E-state index is 0.632. The second kappa shape index (κ2) is 6.33. The summed E-state index contributed by atoms with van der Waals surface area (Å²) in [7, 11) is 0. The van der Waals surface area contributed by atoms with Gasteiger partial charge < -0.3 is 0 Å². The zero-order valence-electron chi connectivity index (χ0n) is 11.7. The summed E-state index contributed by atoms with van der Waals surface area (Å²) in [5.74, 6) is 4.28. The molecule has 0 aromatic carbocycles. The van der Waals surface area contributed by atoms with E-state index >= 15 is 0 Å². The molecule has 1 aliphatic rings. The highest BCUT2D eigenvalue weighted by Gasteiger charge is 2.33. The molecule has 0 N–H and O–H groups in total. The third-order valence-electron chi connectivity index (χ3n) is 5.16. The molecular formula is C15H30S. The van der Waals surface area contributed by atoms with E-state index in [-0.39, 0.29) is 0 Å². The quantitative estimate of drug-likeness (QED) is 0.644. The molecule has 1 fully saturated rings. The monoisotopic (exact) mass is 242 g/mol. The molecule has 0 aliphatic heterocycles. The van der Waals surface area contributed by atoms with Crippen LogP contribution in [0.15, 0.2) is 0 Å². The van der Waals surface area contributed by atoms with Gasteiger partial charge in [0, 0.05) is 5.25 Å². The Morgan fingerprint density at radius 1 is 0.875 bits per heavy atom. The predicted octanol–water partition coefficient (Wildman–Crippen LogP) is 5.04. The summed E-state index contributed by atoms with van der Waals surface area (Å²) in [6, 6.07) is 0. The van der Waals surface area contributed by atoms with Crippen molar-refractivity contribution in [1.82, 2.24) is 0 Å². The molecule has 0 bridgehead atoms. The number of hydrogen-bond acceptors (Lipinski definition) is 1. The molecule has 0 aromatic heterocycles. The topological polar surface area (TPSA) is 0 Å². The average Bonchev–Trinajstić information content (AvgIpc) is 2.29. The van der Waals surface area contributed by atoms with Gasteiger partial charge in [0.2, 0.25) is 0 Å². The Balaban J connectivity index is 2.80. The summed E-state index contributed by atoms with van der Waals surface area (Å²) in [6.07, 6.45) is 5.37. The van der Waals surface area contributed by atoms with Gasteiger partial charge in [0.1, 0.15) is 0 Å². The molecule has 4 unspecified atom stereocenters. The van der Waals surface area contributed by atoms with E-state index in [0.717, 1.165) is 29.6 Å². The highest BCUT2D eigenvalue weighted by atomic mass is 32.1. The van der Waals surface area contributed by atoms with Crippen LogP contribution in [-0.2, 0) is 0 Å². The van der Waals surface area contributed by atoms with Gasteiger partial charge >= 0.3 is 0 Å². The van der Waals surface area contributed by atoms with Crippen LogP contribution in [0.5, 0.6) is 0 Å². The van der Waals surface area contributed by atoms with Crippen molar-refractivity contribution in [2.45, 2.75) is 65.6 Å². The Kier molecular flexibility index (Phi) is 5.70. The minimum atomic E-state index is 0.632. The standard InChI is InChI=1S/C15H30S/c1-6-13-8-10(3)12(5)11(4)9-14(7-2)15(13)16/h10-16H,6-9H2,1-5H3. The molecule has 1 rings (SSSR count). The molecule has 0 saturated heterocycles. The fraction of sp³-hybridized carbons (Fsp3) is 1.00. The van der Waals surface area contributed by atoms with Crippen LogP contribution in [0.3, 0.4) is 0 Å². The maximum Gasteiger partial charge on any atom is 0.00733 e. The zero-order valence-corrected chi connectivity index (χ0v) is 12.6. The lowest BCUT2D eigenvalue weighted by Crippen LogP contribution is -2.33. The lowest BCUT2D eigenvalue weighted by molar-refractivity contribution is 0.154. The van der Waals surface area contributed by atoms with Crippen LogP contribution in [0.25, 0.3) is 0 Å². The summed E-state index contributed by atoms with van der Waals surface area (Å²) in [5.41, 5.74) is 0. The van der Waals surface area contributed by atoms with Gasteiger partial charge in [-0.3, -0.25) is 0 Å². The van der Waals surface area contributed by atoms with Gasteiger partial charge in [-0.25, -0.2) is 0 Å². The maximum atomic E-state index is 4.94.